The Morgan fingerprint density at radius 2 is 2.31 bits per heavy atom. The second kappa shape index (κ2) is 3.50. The van der Waals surface area contributed by atoms with E-state index in [1.165, 1.54) is 12.0 Å². The van der Waals surface area contributed by atoms with Crippen molar-refractivity contribution in [2.75, 3.05) is 7.11 Å². The molecule has 2 bridgehead atoms. The number of fused-ring (bicyclic) bond motifs is 2. The summed E-state index contributed by atoms with van der Waals surface area (Å²) in [5, 5.41) is 0. The van der Waals surface area contributed by atoms with E-state index in [9.17, 15) is 9.59 Å². The Hall–Kier alpha value is -1.52. The van der Waals surface area contributed by atoms with Crippen LogP contribution in [0.15, 0.2) is 12.3 Å². The van der Waals surface area contributed by atoms with Gasteiger partial charge in [0.2, 0.25) is 0 Å². The molecule has 0 aliphatic carbocycles. The quantitative estimate of drug-likeness (QED) is 0.586. The van der Waals surface area contributed by atoms with Crippen LogP contribution < -0.4 is 0 Å². The summed E-state index contributed by atoms with van der Waals surface area (Å²) in [6.07, 6.45) is 3.10. The molecule has 1 amide bonds. The largest absolute Gasteiger partial charge is 0.452 e. The maximum Gasteiger partial charge on any atom is 0.416 e. The zero-order chi connectivity index (χ0) is 11.9. The molecule has 0 spiro atoms. The minimum atomic E-state index is -0.525. The number of hydrogen-bond acceptors (Lipinski definition) is 4. The lowest BCUT2D eigenvalue weighted by atomic mass is 9.74. The fraction of sp³-hybridized carbons (Fsp3) is 0.636. The molecule has 16 heavy (non-hydrogen) atoms. The van der Waals surface area contributed by atoms with Crippen LogP contribution in [0.1, 0.15) is 20.3 Å². The third-order valence-electron chi connectivity index (χ3n) is 3.33. The molecule has 0 aromatic heterocycles. The van der Waals surface area contributed by atoms with Gasteiger partial charge in [0.25, 0.3) is 0 Å². The van der Waals surface area contributed by atoms with Gasteiger partial charge in [0.1, 0.15) is 0 Å². The minimum absolute atomic E-state index is 0.111. The second-order valence-electron chi connectivity index (χ2n) is 4.64. The molecular formula is C11H15NO4. The lowest BCUT2D eigenvalue weighted by Gasteiger charge is -2.44. The molecule has 0 saturated carbocycles. The van der Waals surface area contributed by atoms with Crippen molar-refractivity contribution in [3.05, 3.63) is 12.3 Å². The van der Waals surface area contributed by atoms with E-state index < -0.39 is 17.7 Å². The highest BCUT2D eigenvalue weighted by atomic mass is 16.6. The molecule has 2 heterocycles. The van der Waals surface area contributed by atoms with Gasteiger partial charge in [-0.05, 0) is 19.8 Å². The number of rotatable bonds is 0. The topological polar surface area (TPSA) is 55.8 Å². The van der Waals surface area contributed by atoms with Gasteiger partial charge >= 0.3 is 12.1 Å². The van der Waals surface area contributed by atoms with Gasteiger partial charge in [0.05, 0.1) is 12.5 Å². The first-order chi connectivity index (χ1) is 7.46. The molecule has 1 saturated heterocycles. The average Bonchev–Trinajstić information content (AvgIpc) is 2.26. The Bertz CT molecular complexity index is 361. The van der Waals surface area contributed by atoms with Crippen LogP contribution in [0.2, 0.25) is 0 Å². The SMILES string of the molecule is COC(=O)N1C=CC2CC1OC(=O)C2(C)C. The first-order valence-electron chi connectivity index (χ1n) is 5.22. The zero-order valence-electron chi connectivity index (χ0n) is 9.60. The first-order valence-corrected chi connectivity index (χ1v) is 5.22. The number of carbonyl (C=O) groups is 2. The molecule has 2 aliphatic heterocycles. The van der Waals surface area contributed by atoms with Gasteiger partial charge in [-0.15, -0.1) is 0 Å². The van der Waals surface area contributed by atoms with E-state index >= 15 is 0 Å². The van der Waals surface area contributed by atoms with Crippen molar-refractivity contribution in [2.45, 2.75) is 26.5 Å². The fourth-order valence-corrected chi connectivity index (χ4v) is 2.05. The number of carbonyl (C=O) groups excluding carboxylic acids is 2. The van der Waals surface area contributed by atoms with Crippen molar-refractivity contribution in [1.82, 2.24) is 4.90 Å². The summed E-state index contributed by atoms with van der Waals surface area (Å²) in [4.78, 5) is 24.5. The van der Waals surface area contributed by atoms with Gasteiger partial charge in [-0.2, -0.15) is 0 Å². The number of esters is 1. The van der Waals surface area contributed by atoms with E-state index in [2.05, 4.69) is 4.74 Å². The third kappa shape index (κ3) is 1.47. The highest BCUT2D eigenvalue weighted by Gasteiger charge is 2.48. The second-order valence-corrected chi connectivity index (χ2v) is 4.64. The summed E-state index contributed by atoms with van der Waals surface area (Å²) in [5.41, 5.74) is -0.519. The van der Waals surface area contributed by atoms with E-state index in [4.69, 9.17) is 4.74 Å². The van der Waals surface area contributed by atoms with E-state index in [1.807, 2.05) is 19.9 Å². The van der Waals surface area contributed by atoms with Gasteiger partial charge in [-0.25, -0.2) is 9.69 Å². The van der Waals surface area contributed by atoms with Crippen LogP contribution in [0.4, 0.5) is 4.79 Å². The lowest BCUT2D eigenvalue weighted by Crippen LogP contribution is -2.52. The summed E-state index contributed by atoms with van der Waals surface area (Å²) in [5.74, 6) is -0.161. The van der Waals surface area contributed by atoms with Crippen LogP contribution in [0.25, 0.3) is 0 Å². The molecule has 0 aromatic carbocycles. The standard InChI is InChI=1S/C11H15NO4/c1-11(2)7-4-5-12(10(14)15-3)8(6-7)16-9(11)13/h4-5,7-8H,6H2,1-3H3. The Balaban J connectivity index is 2.27. The van der Waals surface area contributed by atoms with Crippen molar-refractivity contribution >= 4 is 12.1 Å². The number of nitrogens with zero attached hydrogens (tertiary/aromatic N) is 1. The molecule has 1 fully saturated rings. The number of allylic oxidation sites excluding steroid dienone is 1. The van der Waals surface area contributed by atoms with Gasteiger partial charge in [0, 0.05) is 12.6 Å². The number of hydrogen-bond donors (Lipinski definition) is 0. The molecular weight excluding hydrogens is 210 g/mol. The average molecular weight is 225 g/mol. The van der Waals surface area contributed by atoms with Crippen molar-refractivity contribution in [3.8, 4) is 0 Å². The highest BCUT2D eigenvalue weighted by molar-refractivity contribution is 5.79. The van der Waals surface area contributed by atoms with Gasteiger partial charge in [-0.1, -0.05) is 6.08 Å². The molecule has 2 unspecified atom stereocenters. The Morgan fingerprint density at radius 3 is 2.94 bits per heavy atom. The Kier molecular flexibility index (Phi) is 2.40. The molecule has 0 N–H and O–H groups in total. The van der Waals surface area contributed by atoms with E-state index in [-0.39, 0.29) is 11.9 Å². The predicted octanol–water partition coefficient (Wildman–Crippen LogP) is 1.50. The summed E-state index contributed by atoms with van der Waals surface area (Å²) in [6, 6.07) is 0. The summed E-state index contributed by atoms with van der Waals surface area (Å²) in [7, 11) is 1.30. The van der Waals surface area contributed by atoms with Crippen molar-refractivity contribution in [1.29, 1.82) is 0 Å². The minimum Gasteiger partial charge on any atom is -0.452 e. The van der Waals surface area contributed by atoms with E-state index in [0.29, 0.717) is 6.42 Å². The molecule has 0 aromatic rings. The molecule has 5 nitrogen and oxygen atoms in total. The predicted molar refractivity (Wildman–Crippen MR) is 55.2 cm³/mol. The van der Waals surface area contributed by atoms with Crippen LogP contribution in [0.5, 0.6) is 0 Å². The zero-order valence-corrected chi connectivity index (χ0v) is 9.60. The summed E-state index contributed by atoms with van der Waals surface area (Å²) in [6.45, 7) is 3.71. The molecule has 88 valence electrons. The number of amides is 1. The highest BCUT2D eigenvalue weighted by Crippen LogP contribution is 2.41. The summed E-state index contributed by atoms with van der Waals surface area (Å²) >= 11 is 0. The first kappa shape index (κ1) is 11.0. The van der Waals surface area contributed by atoms with Gasteiger partial charge < -0.3 is 9.47 Å². The normalized spacial score (nSPS) is 30.9. The smallest absolute Gasteiger partial charge is 0.416 e. The Labute approximate surface area is 94.0 Å². The number of ether oxygens (including phenoxy) is 2. The van der Waals surface area contributed by atoms with E-state index in [1.54, 1.807) is 6.20 Å². The van der Waals surface area contributed by atoms with E-state index in [0.717, 1.165) is 0 Å². The summed E-state index contributed by atoms with van der Waals surface area (Å²) < 4.78 is 9.86. The fourth-order valence-electron chi connectivity index (χ4n) is 2.05. The Morgan fingerprint density at radius 1 is 1.62 bits per heavy atom. The molecule has 0 radical (unpaired) electrons. The maximum absolute atomic E-state index is 11.8. The van der Waals surface area contributed by atoms with Crippen LogP contribution in [0.3, 0.4) is 0 Å². The van der Waals surface area contributed by atoms with Crippen molar-refractivity contribution in [2.24, 2.45) is 11.3 Å². The van der Waals surface area contributed by atoms with Crippen LogP contribution in [0, 0.1) is 11.3 Å². The van der Waals surface area contributed by atoms with Crippen LogP contribution in [-0.2, 0) is 14.3 Å². The molecule has 5 heteroatoms. The number of methoxy groups -OCH3 is 1. The third-order valence-corrected chi connectivity index (χ3v) is 3.33. The van der Waals surface area contributed by atoms with Crippen LogP contribution >= 0.6 is 0 Å². The molecule has 2 rings (SSSR count). The monoisotopic (exact) mass is 225 g/mol. The van der Waals surface area contributed by atoms with Crippen molar-refractivity contribution < 1.29 is 19.1 Å². The molecule has 2 aliphatic rings. The molecule has 2 atom stereocenters. The van der Waals surface area contributed by atoms with Crippen molar-refractivity contribution in [3.63, 3.8) is 0 Å². The van der Waals surface area contributed by atoms with Gasteiger partial charge in [-0.3, -0.25) is 4.79 Å². The van der Waals surface area contributed by atoms with Crippen LogP contribution in [-0.4, -0.2) is 30.3 Å². The lowest BCUT2D eigenvalue weighted by molar-refractivity contribution is -0.183. The van der Waals surface area contributed by atoms with Gasteiger partial charge in [0.15, 0.2) is 6.23 Å². The maximum atomic E-state index is 11.8.